The highest BCUT2D eigenvalue weighted by molar-refractivity contribution is 5.50. The minimum absolute atomic E-state index is 0.216. The van der Waals surface area contributed by atoms with Crippen molar-refractivity contribution in [2.45, 2.75) is 38.8 Å². The Morgan fingerprint density at radius 1 is 1.22 bits per heavy atom. The molecule has 1 aliphatic rings. The lowest BCUT2D eigenvalue weighted by Crippen LogP contribution is -2.13. The van der Waals surface area contributed by atoms with Gasteiger partial charge in [0, 0.05) is 0 Å². The predicted molar refractivity (Wildman–Crippen MR) is 68.7 cm³/mol. The monoisotopic (exact) mass is 253 g/mol. The van der Waals surface area contributed by atoms with E-state index >= 15 is 0 Å². The van der Waals surface area contributed by atoms with Gasteiger partial charge in [0.15, 0.2) is 11.5 Å². The van der Waals surface area contributed by atoms with E-state index in [9.17, 15) is 4.39 Å². The van der Waals surface area contributed by atoms with Gasteiger partial charge < -0.3 is 15.2 Å². The van der Waals surface area contributed by atoms with E-state index in [0.29, 0.717) is 23.6 Å². The first-order valence-electron chi connectivity index (χ1n) is 6.34. The Kier molecular flexibility index (Phi) is 3.76. The second-order valence-electron chi connectivity index (χ2n) is 5.08. The lowest BCUT2D eigenvalue weighted by atomic mass is 9.91. The van der Waals surface area contributed by atoms with Crippen molar-refractivity contribution in [1.29, 1.82) is 0 Å². The molecule has 3 nitrogen and oxygen atoms in total. The Bertz CT molecular complexity index is 427. The first-order chi connectivity index (χ1) is 8.52. The summed E-state index contributed by atoms with van der Waals surface area (Å²) in [4.78, 5) is 0. The van der Waals surface area contributed by atoms with E-state index in [4.69, 9.17) is 15.2 Å². The van der Waals surface area contributed by atoms with Crippen molar-refractivity contribution >= 4 is 0 Å². The largest absolute Gasteiger partial charge is 0.454 e. The van der Waals surface area contributed by atoms with E-state index in [2.05, 4.69) is 0 Å². The van der Waals surface area contributed by atoms with Gasteiger partial charge in [-0.1, -0.05) is 0 Å². The molecular formula is C14H20FNO2. The van der Waals surface area contributed by atoms with Gasteiger partial charge in [-0.3, -0.25) is 0 Å². The number of unbranched alkanes of at least 4 members (excludes halogenated alkanes) is 1. The lowest BCUT2D eigenvalue weighted by molar-refractivity contribution is 0.173. The minimum atomic E-state index is -1.38. The van der Waals surface area contributed by atoms with E-state index in [1.807, 2.05) is 6.07 Å². The van der Waals surface area contributed by atoms with E-state index in [1.165, 1.54) is 0 Å². The third-order valence-electron chi connectivity index (χ3n) is 3.14. The van der Waals surface area contributed by atoms with Crippen LogP contribution in [-0.4, -0.2) is 13.3 Å². The van der Waals surface area contributed by atoms with Crippen LogP contribution in [-0.2, 0) is 12.1 Å². The molecule has 2 N–H and O–H groups in total. The van der Waals surface area contributed by atoms with Crippen molar-refractivity contribution < 1.29 is 13.9 Å². The molecule has 0 spiro atoms. The topological polar surface area (TPSA) is 44.5 Å². The summed E-state index contributed by atoms with van der Waals surface area (Å²) in [6.45, 7) is 4.01. The maximum atomic E-state index is 14.2. The molecule has 0 amide bonds. The van der Waals surface area contributed by atoms with Crippen LogP contribution in [0.3, 0.4) is 0 Å². The molecule has 0 fully saturated rings. The van der Waals surface area contributed by atoms with Gasteiger partial charge in [-0.2, -0.15) is 0 Å². The number of hydrogen-bond acceptors (Lipinski definition) is 3. The first kappa shape index (κ1) is 13.1. The predicted octanol–water partition coefficient (Wildman–Crippen LogP) is 2.90. The summed E-state index contributed by atoms with van der Waals surface area (Å²) in [6.07, 6.45) is 2.72. The maximum absolute atomic E-state index is 14.2. The van der Waals surface area contributed by atoms with E-state index < -0.39 is 5.67 Å². The van der Waals surface area contributed by atoms with Gasteiger partial charge in [0.05, 0.1) is 0 Å². The average Bonchev–Trinajstić information content (AvgIpc) is 2.74. The number of rotatable bonds is 5. The van der Waals surface area contributed by atoms with Crippen LogP contribution in [0.15, 0.2) is 12.1 Å². The molecule has 0 unspecified atom stereocenters. The highest BCUT2D eigenvalue weighted by Crippen LogP contribution is 2.40. The molecule has 1 aromatic carbocycles. The summed E-state index contributed by atoms with van der Waals surface area (Å²) in [5, 5.41) is 0. The average molecular weight is 253 g/mol. The Morgan fingerprint density at radius 3 is 2.50 bits per heavy atom. The molecule has 1 heterocycles. The second-order valence-corrected chi connectivity index (χ2v) is 5.08. The second kappa shape index (κ2) is 5.14. The smallest absolute Gasteiger partial charge is 0.231 e. The number of halogens is 1. The summed E-state index contributed by atoms with van der Waals surface area (Å²) in [6, 6.07) is 3.66. The molecule has 1 aliphatic heterocycles. The van der Waals surface area contributed by atoms with Gasteiger partial charge in [0.2, 0.25) is 6.79 Å². The van der Waals surface area contributed by atoms with Gasteiger partial charge >= 0.3 is 0 Å². The van der Waals surface area contributed by atoms with Crippen molar-refractivity contribution in [3.63, 3.8) is 0 Å². The molecule has 0 aromatic heterocycles. The van der Waals surface area contributed by atoms with E-state index in [-0.39, 0.29) is 6.79 Å². The highest BCUT2D eigenvalue weighted by Gasteiger charge is 2.26. The van der Waals surface area contributed by atoms with Crippen molar-refractivity contribution in [3.8, 4) is 11.5 Å². The maximum Gasteiger partial charge on any atom is 0.231 e. The van der Waals surface area contributed by atoms with Crippen LogP contribution in [0.5, 0.6) is 11.5 Å². The summed E-state index contributed by atoms with van der Waals surface area (Å²) in [5.74, 6) is 1.35. The molecule has 4 heteroatoms. The van der Waals surface area contributed by atoms with E-state index in [0.717, 1.165) is 24.8 Å². The summed E-state index contributed by atoms with van der Waals surface area (Å²) in [5.41, 5.74) is 5.78. The Morgan fingerprint density at radius 2 is 1.89 bits per heavy atom. The lowest BCUT2D eigenvalue weighted by Gasteiger charge is -2.20. The molecule has 0 aliphatic carbocycles. The van der Waals surface area contributed by atoms with Crippen LogP contribution in [0.25, 0.3) is 0 Å². The van der Waals surface area contributed by atoms with Gasteiger partial charge in [-0.15, -0.1) is 0 Å². The fourth-order valence-electron chi connectivity index (χ4n) is 2.20. The number of benzene rings is 1. The standard InChI is InChI=1S/C14H20FNO2/c1-14(2,15)11-8-13-12(17-9-18-13)7-10(11)5-3-4-6-16/h7-8H,3-6,9,16H2,1-2H3. The third-order valence-corrected chi connectivity index (χ3v) is 3.14. The van der Waals surface area contributed by atoms with Crippen molar-refractivity contribution in [3.05, 3.63) is 23.3 Å². The summed E-state index contributed by atoms with van der Waals surface area (Å²) in [7, 11) is 0. The van der Waals surface area contributed by atoms with E-state index in [1.54, 1.807) is 19.9 Å². The SMILES string of the molecule is CC(C)(F)c1cc2c(cc1CCCCN)OCO2. The summed E-state index contributed by atoms with van der Waals surface area (Å²) < 4.78 is 24.9. The number of ether oxygens (including phenoxy) is 2. The number of fused-ring (bicyclic) bond motifs is 1. The van der Waals surface area contributed by atoms with Crippen LogP contribution in [0.2, 0.25) is 0 Å². The number of alkyl halides is 1. The molecule has 1 aromatic rings. The zero-order valence-corrected chi connectivity index (χ0v) is 11.0. The van der Waals surface area contributed by atoms with Crippen LogP contribution in [0.1, 0.15) is 37.8 Å². The summed E-state index contributed by atoms with van der Waals surface area (Å²) >= 11 is 0. The molecule has 2 rings (SSSR count). The molecule has 0 atom stereocenters. The molecule has 0 saturated carbocycles. The number of hydrogen-bond donors (Lipinski definition) is 1. The van der Waals surface area contributed by atoms with Gasteiger partial charge in [0.1, 0.15) is 5.67 Å². The van der Waals surface area contributed by atoms with Gasteiger partial charge in [-0.05, 0) is 62.9 Å². The van der Waals surface area contributed by atoms with Crippen LogP contribution >= 0.6 is 0 Å². The highest BCUT2D eigenvalue weighted by atomic mass is 19.1. The zero-order chi connectivity index (χ0) is 13.2. The third kappa shape index (κ3) is 2.75. The van der Waals surface area contributed by atoms with Crippen molar-refractivity contribution in [2.75, 3.05) is 13.3 Å². The number of aryl methyl sites for hydroxylation is 1. The van der Waals surface area contributed by atoms with Gasteiger partial charge in [-0.25, -0.2) is 4.39 Å². The fourth-order valence-corrected chi connectivity index (χ4v) is 2.20. The van der Waals surface area contributed by atoms with Gasteiger partial charge in [0.25, 0.3) is 0 Å². The first-order valence-corrected chi connectivity index (χ1v) is 6.34. The molecular weight excluding hydrogens is 233 g/mol. The molecule has 0 bridgehead atoms. The molecule has 18 heavy (non-hydrogen) atoms. The fraction of sp³-hybridized carbons (Fsp3) is 0.571. The van der Waals surface area contributed by atoms with Crippen LogP contribution < -0.4 is 15.2 Å². The van der Waals surface area contributed by atoms with Crippen molar-refractivity contribution in [2.24, 2.45) is 5.73 Å². The normalized spacial score (nSPS) is 14.0. The molecule has 0 radical (unpaired) electrons. The minimum Gasteiger partial charge on any atom is -0.454 e. The van der Waals surface area contributed by atoms with Crippen LogP contribution in [0, 0.1) is 0 Å². The quantitative estimate of drug-likeness (QED) is 0.821. The molecule has 0 saturated heterocycles. The Labute approximate surface area is 107 Å². The van der Waals surface area contributed by atoms with Crippen LogP contribution in [0.4, 0.5) is 4.39 Å². The van der Waals surface area contributed by atoms with Crippen molar-refractivity contribution in [1.82, 2.24) is 0 Å². The zero-order valence-electron chi connectivity index (χ0n) is 11.0. The number of nitrogens with two attached hydrogens (primary N) is 1. The Balaban J connectivity index is 2.30. The Hall–Kier alpha value is -1.29. The molecule has 100 valence electrons.